The number of aliphatic hydroxyl groups excluding tert-OH is 1. The molecule has 11 nitrogen and oxygen atoms in total. The van der Waals surface area contributed by atoms with E-state index in [-0.39, 0.29) is 36.3 Å². The normalized spacial score (nSPS) is 19.6. The van der Waals surface area contributed by atoms with Crippen molar-refractivity contribution in [2.45, 2.75) is 136 Å². The second-order valence-electron chi connectivity index (χ2n) is 14.0. The van der Waals surface area contributed by atoms with Crippen LogP contribution in [0.4, 0.5) is 9.59 Å². The van der Waals surface area contributed by atoms with Gasteiger partial charge in [-0.25, -0.2) is 14.5 Å². The van der Waals surface area contributed by atoms with Gasteiger partial charge >= 0.3 is 18.3 Å². The molecule has 2 heterocycles. The summed E-state index contributed by atoms with van der Waals surface area (Å²) in [5, 5.41) is 11.2. The van der Waals surface area contributed by atoms with Crippen molar-refractivity contribution < 1.29 is 43.3 Å². The Morgan fingerprint density at radius 2 is 1.52 bits per heavy atom. The van der Waals surface area contributed by atoms with Gasteiger partial charge in [0, 0.05) is 18.5 Å². The lowest BCUT2D eigenvalue weighted by Crippen LogP contribution is -2.46. The summed E-state index contributed by atoms with van der Waals surface area (Å²) in [6, 6.07) is 17.3. The minimum Gasteiger partial charge on any atom is -0.489 e. The van der Waals surface area contributed by atoms with Gasteiger partial charge < -0.3 is 19.3 Å². The van der Waals surface area contributed by atoms with Gasteiger partial charge in [-0.1, -0.05) is 55.8 Å². The van der Waals surface area contributed by atoms with Crippen LogP contribution in [0.25, 0.3) is 0 Å². The van der Waals surface area contributed by atoms with Crippen LogP contribution in [0.3, 0.4) is 0 Å². The first-order valence-electron chi connectivity index (χ1n) is 16.5. The fourth-order valence-corrected chi connectivity index (χ4v) is 5.61. The summed E-state index contributed by atoms with van der Waals surface area (Å²) in [7, 11) is 0. The average Bonchev–Trinajstić information content (AvgIpc) is 3.58. The summed E-state index contributed by atoms with van der Waals surface area (Å²) in [6.45, 7) is 15.4. The standard InChI is InChI=1S/C26H35NO4.C10H17NO3.CO2/c1-5-10-21-15-16-23(27(21)25(29)31-26(2,3)4)24(28)20-13-9-14-22(17-20)30-18-19-11-7-6-8-12-19;1-7-5-6-8(12)11(7)9(13)14-10(2,3)4;2-1-3/h6-9,11-14,17,21,23-24,28H,5,10,15-16,18H2,1-4H3;7H,5-6H2,1-4H3;/t21-,23+,24+;7-;/m00./s1. The van der Waals surface area contributed by atoms with E-state index in [2.05, 4.69) is 6.92 Å². The zero-order valence-corrected chi connectivity index (χ0v) is 29.6. The van der Waals surface area contributed by atoms with Crippen molar-refractivity contribution >= 4 is 24.2 Å². The number of aliphatic hydroxyl groups is 1. The number of carbonyl (C=O) groups excluding carboxylic acids is 5. The molecule has 0 aliphatic carbocycles. The maximum atomic E-state index is 13.0. The number of hydrogen-bond acceptors (Lipinski definition) is 9. The van der Waals surface area contributed by atoms with Gasteiger partial charge in [-0.05, 0) is 97.4 Å². The summed E-state index contributed by atoms with van der Waals surface area (Å²) in [4.78, 5) is 55.1. The number of benzene rings is 2. The Hall–Kier alpha value is -4.21. The van der Waals surface area contributed by atoms with Crippen molar-refractivity contribution in [1.82, 2.24) is 9.80 Å². The minimum atomic E-state index is -0.797. The van der Waals surface area contributed by atoms with Gasteiger partial charge in [-0.3, -0.25) is 9.69 Å². The van der Waals surface area contributed by atoms with E-state index >= 15 is 0 Å². The van der Waals surface area contributed by atoms with E-state index in [1.54, 1.807) is 25.7 Å². The van der Waals surface area contributed by atoms with Crippen molar-refractivity contribution in [2.75, 3.05) is 0 Å². The minimum absolute atomic E-state index is 0.0302. The molecule has 2 saturated heterocycles. The molecule has 1 N–H and O–H groups in total. The monoisotopic (exact) mass is 668 g/mol. The Bertz CT molecular complexity index is 1360. The predicted octanol–water partition coefficient (Wildman–Crippen LogP) is 7.22. The molecule has 2 aromatic rings. The largest absolute Gasteiger partial charge is 0.489 e. The fourth-order valence-electron chi connectivity index (χ4n) is 5.61. The molecule has 2 fully saturated rings. The molecule has 2 aromatic carbocycles. The molecule has 0 spiro atoms. The lowest BCUT2D eigenvalue weighted by Gasteiger charge is -2.34. The zero-order chi connectivity index (χ0) is 36.1. The first-order valence-corrected chi connectivity index (χ1v) is 16.5. The third-order valence-corrected chi connectivity index (χ3v) is 7.66. The average molecular weight is 669 g/mol. The highest BCUT2D eigenvalue weighted by Gasteiger charge is 2.42. The van der Waals surface area contributed by atoms with Crippen LogP contribution in [-0.4, -0.2) is 68.5 Å². The lowest BCUT2D eigenvalue weighted by atomic mass is 10.00. The molecule has 264 valence electrons. The molecule has 0 aromatic heterocycles. The van der Waals surface area contributed by atoms with Crippen LogP contribution in [0.15, 0.2) is 54.6 Å². The fraction of sp³-hybridized carbons (Fsp3) is 0.568. The van der Waals surface area contributed by atoms with E-state index < -0.39 is 23.4 Å². The molecule has 0 unspecified atom stereocenters. The van der Waals surface area contributed by atoms with E-state index in [0.29, 0.717) is 18.8 Å². The Kier molecular flexibility index (Phi) is 15.3. The molecule has 2 aliphatic heterocycles. The van der Waals surface area contributed by atoms with Crippen LogP contribution in [-0.2, 0) is 30.5 Å². The molecule has 4 rings (SSSR count). The van der Waals surface area contributed by atoms with Crippen molar-refractivity contribution in [3.05, 3.63) is 65.7 Å². The molecule has 0 saturated carbocycles. The molecule has 4 atom stereocenters. The van der Waals surface area contributed by atoms with Gasteiger partial charge in [0.15, 0.2) is 0 Å². The van der Waals surface area contributed by atoms with E-state index in [1.807, 2.05) is 82.3 Å². The van der Waals surface area contributed by atoms with Gasteiger partial charge in [-0.2, -0.15) is 9.59 Å². The number of rotatable bonds is 7. The number of amides is 3. The van der Waals surface area contributed by atoms with Crippen LogP contribution in [0.1, 0.15) is 111 Å². The molecule has 3 amide bonds. The molecule has 2 aliphatic rings. The third-order valence-electron chi connectivity index (χ3n) is 7.66. The van der Waals surface area contributed by atoms with Crippen molar-refractivity contribution in [1.29, 1.82) is 0 Å². The first kappa shape index (κ1) is 40.0. The number of hydrogen-bond donors (Lipinski definition) is 1. The Morgan fingerprint density at radius 1 is 0.917 bits per heavy atom. The van der Waals surface area contributed by atoms with Crippen LogP contribution in [0.2, 0.25) is 0 Å². The Labute approximate surface area is 284 Å². The molecule has 11 heteroatoms. The summed E-state index contributed by atoms with van der Waals surface area (Å²) in [6.07, 6.45) is 3.28. The number of ether oxygens (including phenoxy) is 3. The van der Waals surface area contributed by atoms with Gasteiger partial charge in [0.2, 0.25) is 5.91 Å². The van der Waals surface area contributed by atoms with Crippen LogP contribution in [0, 0.1) is 0 Å². The quantitative estimate of drug-likeness (QED) is 0.324. The molecule has 0 bridgehead atoms. The number of carbonyl (C=O) groups is 3. The van der Waals surface area contributed by atoms with Crippen molar-refractivity contribution in [3.63, 3.8) is 0 Å². The van der Waals surface area contributed by atoms with Crippen molar-refractivity contribution in [3.8, 4) is 5.75 Å². The highest BCUT2D eigenvalue weighted by atomic mass is 16.6. The number of imide groups is 1. The SMILES string of the molecule is CCC[C@H]1CC[C@H]([C@H](O)c2cccc(OCc3ccccc3)c2)N1C(=O)OC(C)(C)C.C[C@H]1CCC(=O)N1C(=O)OC(C)(C)C.O=C=O. The Balaban J connectivity index is 0.000000392. The molecule has 48 heavy (non-hydrogen) atoms. The van der Waals surface area contributed by atoms with Gasteiger partial charge in [0.25, 0.3) is 0 Å². The number of nitrogens with zero attached hydrogens (tertiary/aromatic N) is 2. The summed E-state index contributed by atoms with van der Waals surface area (Å²) >= 11 is 0. The van der Waals surface area contributed by atoms with Gasteiger partial charge in [0.1, 0.15) is 23.6 Å². The van der Waals surface area contributed by atoms with Crippen LogP contribution >= 0.6 is 0 Å². The third kappa shape index (κ3) is 12.8. The van der Waals surface area contributed by atoms with Gasteiger partial charge in [0.05, 0.1) is 12.1 Å². The summed E-state index contributed by atoms with van der Waals surface area (Å²) < 4.78 is 16.7. The maximum Gasteiger partial charge on any atom is 0.417 e. The molecule has 0 radical (unpaired) electrons. The van der Waals surface area contributed by atoms with Crippen LogP contribution < -0.4 is 4.74 Å². The molecular formula is C37H52N2O9. The van der Waals surface area contributed by atoms with E-state index in [0.717, 1.165) is 43.2 Å². The maximum absolute atomic E-state index is 13.0. The summed E-state index contributed by atoms with van der Waals surface area (Å²) in [5.74, 6) is 0.569. The van der Waals surface area contributed by atoms with E-state index in [9.17, 15) is 19.5 Å². The van der Waals surface area contributed by atoms with Crippen LogP contribution in [0.5, 0.6) is 5.75 Å². The molecular weight excluding hydrogens is 616 g/mol. The smallest absolute Gasteiger partial charge is 0.417 e. The second kappa shape index (κ2) is 18.4. The van der Waals surface area contributed by atoms with E-state index in [4.69, 9.17) is 23.8 Å². The second-order valence-corrected chi connectivity index (χ2v) is 14.0. The Morgan fingerprint density at radius 3 is 2.06 bits per heavy atom. The first-order chi connectivity index (χ1) is 22.5. The highest BCUT2D eigenvalue weighted by Crippen LogP contribution is 2.37. The number of likely N-dealkylation sites (tertiary alicyclic amines) is 2. The van der Waals surface area contributed by atoms with Gasteiger partial charge in [-0.15, -0.1) is 0 Å². The van der Waals surface area contributed by atoms with Crippen molar-refractivity contribution in [2.24, 2.45) is 0 Å². The predicted molar refractivity (Wildman–Crippen MR) is 179 cm³/mol. The van der Waals surface area contributed by atoms with E-state index in [1.165, 1.54) is 4.90 Å². The lowest BCUT2D eigenvalue weighted by molar-refractivity contribution is -0.191. The topological polar surface area (TPSA) is 140 Å². The summed E-state index contributed by atoms with van der Waals surface area (Å²) in [5.41, 5.74) is 0.723. The zero-order valence-electron chi connectivity index (χ0n) is 29.6. The highest BCUT2D eigenvalue weighted by molar-refractivity contribution is 5.94.